The smallest absolute Gasteiger partial charge is 0.0627 e. The van der Waals surface area contributed by atoms with Gasteiger partial charge in [-0.3, -0.25) is 4.21 Å². The second-order valence-electron chi connectivity index (χ2n) is 4.28. The Labute approximate surface area is 103 Å². The topological polar surface area (TPSA) is 40.9 Å². The first-order valence-electron chi connectivity index (χ1n) is 5.16. The monoisotopic (exact) mass is 253 g/mol. The van der Waals surface area contributed by atoms with Crippen molar-refractivity contribution < 1.29 is 4.21 Å². The van der Waals surface area contributed by atoms with E-state index in [2.05, 4.69) is 6.07 Å². The highest BCUT2D eigenvalue weighted by atomic mass is 35.5. The number of rotatable bonds is 4. The molecule has 1 aliphatic carbocycles. The lowest BCUT2D eigenvalue weighted by molar-refractivity contribution is 0.587. The summed E-state index contributed by atoms with van der Waals surface area (Å²) in [6, 6.07) is 9.26. The molecule has 1 aromatic carbocycles. The van der Waals surface area contributed by atoms with Gasteiger partial charge in [0, 0.05) is 22.1 Å². The summed E-state index contributed by atoms with van der Waals surface area (Å²) in [5.74, 6) is 0.599. The second-order valence-corrected chi connectivity index (χ2v) is 6.17. The predicted octanol–water partition coefficient (Wildman–Crippen LogP) is 3.14. The number of nitriles is 1. The van der Waals surface area contributed by atoms with Crippen molar-refractivity contribution in [2.24, 2.45) is 5.41 Å². The molecule has 0 saturated heterocycles. The van der Waals surface area contributed by atoms with Gasteiger partial charge in [0.05, 0.1) is 16.9 Å². The molecule has 2 nitrogen and oxygen atoms in total. The predicted molar refractivity (Wildman–Crippen MR) is 64.6 cm³/mol. The normalized spacial score (nSPS) is 18.8. The minimum atomic E-state index is -1.01. The van der Waals surface area contributed by atoms with Crippen molar-refractivity contribution in [1.82, 2.24) is 0 Å². The SMILES string of the molecule is N#CCC1(CS(=O)c2ccc(Cl)cc2)CC1. The van der Waals surface area contributed by atoms with E-state index in [4.69, 9.17) is 16.9 Å². The Hall–Kier alpha value is -0.850. The van der Waals surface area contributed by atoms with Crippen LogP contribution in [0.15, 0.2) is 29.2 Å². The van der Waals surface area contributed by atoms with Crippen LogP contribution < -0.4 is 0 Å². The molecule has 1 unspecified atom stereocenters. The molecule has 16 heavy (non-hydrogen) atoms. The summed E-state index contributed by atoms with van der Waals surface area (Å²) in [5, 5.41) is 9.35. The fourth-order valence-corrected chi connectivity index (χ4v) is 3.34. The lowest BCUT2D eigenvalue weighted by Crippen LogP contribution is -2.11. The Bertz CT molecular complexity index is 445. The fourth-order valence-electron chi connectivity index (χ4n) is 1.66. The highest BCUT2D eigenvalue weighted by Crippen LogP contribution is 2.49. The van der Waals surface area contributed by atoms with Crippen molar-refractivity contribution >= 4 is 22.4 Å². The number of hydrogen-bond donors (Lipinski definition) is 0. The van der Waals surface area contributed by atoms with Crippen LogP contribution >= 0.6 is 11.6 Å². The van der Waals surface area contributed by atoms with Crippen molar-refractivity contribution in [2.45, 2.75) is 24.2 Å². The van der Waals surface area contributed by atoms with Gasteiger partial charge in [-0.1, -0.05) is 11.6 Å². The lowest BCUT2D eigenvalue weighted by Gasteiger charge is -2.10. The highest BCUT2D eigenvalue weighted by Gasteiger charge is 2.43. The lowest BCUT2D eigenvalue weighted by atomic mass is 10.1. The maximum absolute atomic E-state index is 12.0. The molecule has 1 aromatic rings. The summed E-state index contributed by atoms with van der Waals surface area (Å²) in [7, 11) is -1.01. The zero-order valence-corrected chi connectivity index (χ0v) is 10.4. The average Bonchev–Trinajstić information content (AvgIpc) is 2.99. The van der Waals surface area contributed by atoms with Crippen molar-refractivity contribution in [2.75, 3.05) is 5.75 Å². The molecule has 1 atom stereocenters. The Morgan fingerprint density at radius 2 is 2.00 bits per heavy atom. The van der Waals surface area contributed by atoms with Gasteiger partial charge in [-0.25, -0.2) is 0 Å². The molecule has 1 aliphatic rings. The Kier molecular flexibility index (Phi) is 3.32. The van der Waals surface area contributed by atoms with E-state index in [1.807, 2.05) is 0 Å². The van der Waals surface area contributed by atoms with E-state index in [0.29, 0.717) is 17.2 Å². The van der Waals surface area contributed by atoms with Gasteiger partial charge < -0.3 is 0 Å². The van der Waals surface area contributed by atoms with Gasteiger partial charge in [-0.05, 0) is 42.5 Å². The molecule has 0 spiro atoms. The molecule has 2 rings (SSSR count). The average molecular weight is 254 g/mol. The van der Waals surface area contributed by atoms with Crippen LogP contribution in [0.5, 0.6) is 0 Å². The van der Waals surface area contributed by atoms with E-state index in [1.165, 1.54) is 0 Å². The van der Waals surface area contributed by atoms with E-state index in [1.54, 1.807) is 24.3 Å². The summed E-state index contributed by atoms with van der Waals surface area (Å²) in [5.41, 5.74) is 0.0270. The molecule has 0 N–H and O–H groups in total. The summed E-state index contributed by atoms with van der Waals surface area (Å²) in [6.45, 7) is 0. The zero-order chi connectivity index (χ0) is 11.6. The fraction of sp³-hybridized carbons (Fsp3) is 0.417. The van der Waals surface area contributed by atoms with Crippen LogP contribution in [0, 0.1) is 16.7 Å². The van der Waals surface area contributed by atoms with Crippen LogP contribution in [-0.4, -0.2) is 9.96 Å². The Morgan fingerprint density at radius 1 is 1.38 bits per heavy atom. The molecule has 0 radical (unpaired) electrons. The third-order valence-electron chi connectivity index (χ3n) is 2.92. The van der Waals surface area contributed by atoms with Crippen molar-refractivity contribution in [3.05, 3.63) is 29.3 Å². The summed E-state index contributed by atoms with van der Waals surface area (Å²) in [4.78, 5) is 0.800. The largest absolute Gasteiger partial charge is 0.254 e. The first-order chi connectivity index (χ1) is 7.65. The third kappa shape index (κ3) is 2.63. The van der Waals surface area contributed by atoms with E-state index in [0.717, 1.165) is 17.7 Å². The molecule has 0 aromatic heterocycles. The third-order valence-corrected chi connectivity index (χ3v) is 4.85. The molecule has 0 amide bonds. The Morgan fingerprint density at radius 3 is 2.50 bits per heavy atom. The summed E-state index contributed by atoms with van der Waals surface area (Å²) in [6.07, 6.45) is 2.58. The van der Waals surface area contributed by atoms with Crippen LogP contribution in [0.25, 0.3) is 0 Å². The molecule has 0 aliphatic heterocycles. The first-order valence-corrected chi connectivity index (χ1v) is 6.86. The van der Waals surface area contributed by atoms with Crippen molar-refractivity contribution in [3.63, 3.8) is 0 Å². The molecule has 0 bridgehead atoms. The summed E-state index contributed by atoms with van der Waals surface area (Å²) >= 11 is 5.77. The van der Waals surface area contributed by atoms with E-state index < -0.39 is 10.8 Å². The number of halogens is 1. The van der Waals surface area contributed by atoms with Crippen LogP contribution in [0.1, 0.15) is 19.3 Å². The van der Waals surface area contributed by atoms with Crippen LogP contribution in [0.4, 0.5) is 0 Å². The molecule has 0 heterocycles. The summed E-state index contributed by atoms with van der Waals surface area (Å²) < 4.78 is 12.0. The molecule has 1 fully saturated rings. The number of nitrogens with zero attached hydrogens (tertiary/aromatic N) is 1. The van der Waals surface area contributed by atoms with E-state index >= 15 is 0 Å². The number of hydrogen-bond acceptors (Lipinski definition) is 2. The van der Waals surface area contributed by atoms with Gasteiger partial charge in [0.1, 0.15) is 0 Å². The van der Waals surface area contributed by atoms with Crippen molar-refractivity contribution in [1.29, 1.82) is 5.26 Å². The zero-order valence-electron chi connectivity index (χ0n) is 8.78. The molecule has 4 heteroatoms. The highest BCUT2D eigenvalue weighted by molar-refractivity contribution is 7.85. The molecular formula is C12H12ClNOS. The second kappa shape index (κ2) is 4.57. The van der Waals surface area contributed by atoms with Gasteiger partial charge >= 0.3 is 0 Å². The van der Waals surface area contributed by atoms with E-state index in [9.17, 15) is 4.21 Å². The quantitative estimate of drug-likeness (QED) is 0.827. The minimum absolute atomic E-state index is 0.0270. The van der Waals surface area contributed by atoms with Crippen LogP contribution in [-0.2, 0) is 10.8 Å². The molecule has 1 saturated carbocycles. The maximum Gasteiger partial charge on any atom is 0.0627 e. The first kappa shape index (κ1) is 11.6. The molecular weight excluding hydrogens is 242 g/mol. The van der Waals surface area contributed by atoms with Gasteiger partial charge in [-0.15, -0.1) is 0 Å². The number of benzene rings is 1. The maximum atomic E-state index is 12.0. The Balaban J connectivity index is 2.04. The van der Waals surface area contributed by atoms with Gasteiger partial charge in [0.25, 0.3) is 0 Å². The standard InChI is InChI=1S/C12H12ClNOS/c13-10-1-3-11(4-2-10)16(15)9-12(5-6-12)7-8-14/h1-4H,5-7,9H2. The molecule has 84 valence electrons. The van der Waals surface area contributed by atoms with Crippen molar-refractivity contribution in [3.8, 4) is 6.07 Å². The van der Waals surface area contributed by atoms with Gasteiger partial charge in [0.2, 0.25) is 0 Å². The minimum Gasteiger partial charge on any atom is -0.254 e. The van der Waals surface area contributed by atoms with Crippen LogP contribution in [0.2, 0.25) is 5.02 Å². The van der Waals surface area contributed by atoms with Gasteiger partial charge in [0.15, 0.2) is 0 Å². The van der Waals surface area contributed by atoms with E-state index in [-0.39, 0.29) is 5.41 Å². The van der Waals surface area contributed by atoms with Crippen LogP contribution in [0.3, 0.4) is 0 Å². The van der Waals surface area contributed by atoms with Gasteiger partial charge in [-0.2, -0.15) is 5.26 Å².